The molecule has 0 aliphatic heterocycles. The van der Waals surface area contributed by atoms with E-state index in [4.69, 9.17) is 22.7 Å². The molecule has 0 saturated carbocycles. The van der Waals surface area contributed by atoms with Crippen LogP contribution in [0.5, 0.6) is 11.5 Å². The fraction of sp³-hybridized carbons (Fsp3) is 0.143. The van der Waals surface area contributed by atoms with Crippen LogP contribution in [0.1, 0.15) is 22.5 Å². The Balaban J connectivity index is 1.86. The Morgan fingerprint density at radius 2 is 1.88 bits per heavy atom. The summed E-state index contributed by atoms with van der Waals surface area (Å²) in [6.45, 7) is 3.80. The molecule has 0 fully saturated rings. The first-order chi connectivity index (χ1) is 15.5. The maximum absolute atomic E-state index is 12.9. The number of halogens is 3. The van der Waals surface area contributed by atoms with Crippen molar-refractivity contribution >= 4 is 29.2 Å². The highest BCUT2D eigenvalue weighted by atomic mass is 32.1. The third-order valence-corrected chi connectivity index (χ3v) is 4.75. The summed E-state index contributed by atoms with van der Waals surface area (Å²) in [5, 5.41) is 15.2. The van der Waals surface area contributed by atoms with Gasteiger partial charge in [0, 0.05) is 28.7 Å². The third kappa shape index (κ3) is 5.47. The van der Waals surface area contributed by atoms with Crippen LogP contribution in [0.2, 0.25) is 0 Å². The van der Waals surface area contributed by atoms with Crippen molar-refractivity contribution < 1.29 is 22.8 Å². The highest BCUT2D eigenvalue weighted by Gasteiger charge is 2.33. The van der Waals surface area contributed by atoms with Crippen molar-refractivity contribution in [3.63, 3.8) is 0 Å². The zero-order valence-corrected chi connectivity index (χ0v) is 18.2. The summed E-state index contributed by atoms with van der Waals surface area (Å²) >= 11 is 4.70. The van der Waals surface area contributed by atoms with E-state index in [9.17, 15) is 23.3 Å². The van der Waals surface area contributed by atoms with Crippen molar-refractivity contribution in [2.75, 3.05) is 0 Å². The number of nitro groups is 1. The molecule has 12 heteroatoms. The van der Waals surface area contributed by atoms with Gasteiger partial charge in [0.2, 0.25) is 5.75 Å². The molecule has 1 aromatic heterocycles. The number of alkyl halides is 3. The van der Waals surface area contributed by atoms with Crippen molar-refractivity contribution in [3.05, 3.63) is 81.2 Å². The Morgan fingerprint density at radius 3 is 2.45 bits per heavy atom. The third-order valence-electron chi connectivity index (χ3n) is 4.65. The molecule has 3 N–H and O–H groups in total. The molecule has 0 bridgehead atoms. The second-order valence-corrected chi connectivity index (χ2v) is 7.37. The number of nitrogens with two attached hydrogens (primary N) is 1. The Morgan fingerprint density at radius 1 is 1.21 bits per heavy atom. The van der Waals surface area contributed by atoms with Crippen LogP contribution in [0, 0.1) is 24.0 Å². The smallest absolute Gasteiger partial charge is 0.416 e. The average molecular weight is 477 g/mol. The summed E-state index contributed by atoms with van der Waals surface area (Å²) in [7, 11) is 0. The van der Waals surface area contributed by atoms with Gasteiger partial charge < -0.3 is 15.0 Å². The lowest BCUT2D eigenvalue weighted by atomic mass is 10.2. The quantitative estimate of drug-likeness (QED) is 0.224. The average Bonchev–Trinajstić information content (AvgIpc) is 3.01. The van der Waals surface area contributed by atoms with E-state index in [0.29, 0.717) is 6.07 Å². The fourth-order valence-corrected chi connectivity index (χ4v) is 3.25. The number of nitro benzene ring substituents is 1. The Kier molecular flexibility index (Phi) is 6.68. The topological polar surface area (TPSA) is 108 Å². The number of nitrogens with zero attached hydrogens (tertiary/aromatic N) is 3. The predicted molar refractivity (Wildman–Crippen MR) is 121 cm³/mol. The van der Waals surface area contributed by atoms with E-state index in [-0.39, 0.29) is 16.6 Å². The molecule has 0 radical (unpaired) electrons. The fourth-order valence-electron chi connectivity index (χ4n) is 3.19. The summed E-state index contributed by atoms with van der Waals surface area (Å²) in [6, 6.07) is 10.6. The second kappa shape index (κ2) is 9.28. The molecule has 8 nitrogen and oxygen atoms in total. The zero-order chi connectivity index (χ0) is 24.3. The normalized spacial score (nSPS) is 11.5. The molecule has 3 rings (SSSR count). The van der Waals surface area contributed by atoms with E-state index < -0.39 is 22.4 Å². The molecule has 3 aromatic rings. The van der Waals surface area contributed by atoms with E-state index in [1.54, 1.807) is 30.5 Å². The highest BCUT2D eigenvalue weighted by Crippen LogP contribution is 2.38. The highest BCUT2D eigenvalue weighted by molar-refractivity contribution is 7.80. The van der Waals surface area contributed by atoms with Gasteiger partial charge >= 0.3 is 11.9 Å². The number of aromatic nitrogens is 1. The molecule has 172 valence electrons. The molecule has 0 unspecified atom stereocenters. The van der Waals surface area contributed by atoms with Crippen molar-refractivity contribution in [2.24, 2.45) is 10.8 Å². The summed E-state index contributed by atoms with van der Waals surface area (Å²) in [5.74, 6) is -0.0654. The van der Waals surface area contributed by atoms with Crippen LogP contribution in [0.25, 0.3) is 5.69 Å². The SMILES string of the molecule is Cc1cc(/C=N\NC(N)=S)c(C)n1-c1ccc(Oc2ccc(C(F)(F)F)cc2[N+](=O)[O-])cc1. The van der Waals surface area contributed by atoms with Gasteiger partial charge in [-0.05, 0) is 68.5 Å². The number of hydrazone groups is 1. The van der Waals surface area contributed by atoms with Crippen molar-refractivity contribution in [1.29, 1.82) is 0 Å². The maximum Gasteiger partial charge on any atom is 0.416 e. The zero-order valence-electron chi connectivity index (χ0n) is 17.4. The van der Waals surface area contributed by atoms with Gasteiger partial charge in [-0.25, -0.2) is 0 Å². The van der Waals surface area contributed by atoms with E-state index in [2.05, 4.69) is 10.5 Å². The number of nitrogens with one attached hydrogen (secondary N) is 1. The first kappa shape index (κ1) is 23.7. The number of hydrogen-bond donors (Lipinski definition) is 2. The Hall–Kier alpha value is -3.93. The van der Waals surface area contributed by atoms with Gasteiger partial charge in [0.1, 0.15) is 5.75 Å². The number of rotatable bonds is 6. The van der Waals surface area contributed by atoms with Crippen LogP contribution in [-0.4, -0.2) is 20.8 Å². The van der Waals surface area contributed by atoms with Gasteiger partial charge in [-0.15, -0.1) is 0 Å². The molecule has 2 aromatic carbocycles. The summed E-state index contributed by atoms with van der Waals surface area (Å²) in [4.78, 5) is 10.3. The van der Waals surface area contributed by atoms with Crippen LogP contribution >= 0.6 is 12.2 Å². The molecule has 0 aliphatic carbocycles. The van der Waals surface area contributed by atoms with E-state index >= 15 is 0 Å². The minimum absolute atomic E-state index is 0.0453. The maximum atomic E-state index is 12.9. The van der Waals surface area contributed by atoms with Gasteiger partial charge in [0.05, 0.1) is 16.7 Å². The molecule has 0 aliphatic rings. The van der Waals surface area contributed by atoms with E-state index in [1.807, 2.05) is 24.5 Å². The largest absolute Gasteiger partial charge is 0.450 e. The molecule has 0 amide bonds. The summed E-state index contributed by atoms with van der Waals surface area (Å²) in [5.41, 5.74) is 9.33. The molecule has 1 heterocycles. The molecule has 0 saturated heterocycles. The van der Waals surface area contributed by atoms with Crippen LogP contribution in [0.15, 0.2) is 53.6 Å². The number of hydrogen-bond acceptors (Lipinski definition) is 5. The Bertz CT molecular complexity index is 1240. The first-order valence-electron chi connectivity index (χ1n) is 9.38. The number of benzene rings is 2. The minimum atomic E-state index is -4.70. The lowest BCUT2D eigenvalue weighted by Gasteiger charge is -2.12. The lowest BCUT2D eigenvalue weighted by Crippen LogP contribution is -2.24. The van der Waals surface area contributed by atoms with Crippen LogP contribution in [-0.2, 0) is 6.18 Å². The molecular weight excluding hydrogens is 459 g/mol. The number of aryl methyl sites for hydroxylation is 1. The Labute approximate surface area is 191 Å². The molecule has 0 atom stereocenters. The summed E-state index contributed by atoms with van der Waals surface area (Å²) < 4.78 is 46.1. The molecule has 33 heavy (non-hydrogen) atoms. The van der Waals surface area contributed by atoms with Crippen molar-refractivity contribution in [2.45, 2.75) is 20.0 Å². The van der Waals surface area contributed by atoms with Crippen molar-refractivity contribution in [3.8, 4) is 17.2 Å². The van der Waals surface area contributed by atoms with Gasteiger partial charge in [-0.1, -0.05) is 0 Å². The second-order valence-electron chi connectivity index (χ2n) is 6.93. The molecular formula is C21H18F3N5O3S. The number of ether oxygens (including phenoxy) is 1. The van der Waals surface area contributed by atoms with Gasteiger partial charge in [-0.2, -0.15) is 18.3 Å². The van der Waals surface area contributed by atoms with Gasteiger partial charge in [0.25, 0.3) is 0 Å². The number of thiocarbonyl (C=S) groups is 1. The van der Waals surface area contributed by atoms with E-state index in [0.717, 1.165) is 34.8 Å². The predicted octanol–water partition coefficient (Wildman–Crippen LogP) is 4.98. The van der Waals surface area contributed by atoms with Crippen LogP contribution in [0.3, 0.4) is 0 Å². The molecule has 0 spiro atoms. The lowest BCUT2D eigenvalue weighted by molar-refractivity contribution is -0.385. The first-order valence-corrected chi connectivity index (χ1v) is 9.79. The van der Waals surface area contributed by atoms with Crippen LogP contribution < -0.4 is 15.9 Å². The van der Waals surface area contributed by atoms with E-state index in [1.165, 1.54) is 0 Å². The minimum Gasteiger partial charge on any atom is -0.450 e. The monoisotopic (exact) mass is 477 g/mol. The van der Waals surface area contributed by atoms with Crippen LogP contribution in [0.4, 0.5) is 18.9 Å². The van der Waals surface area contributed by atoms with Gasteiger partial charge in [0.15, 0.2) is 5.11 Å². The standard InChI is InChI=1S/C21H18F3N5O3S/c1-12-9-14(11-26-27-20(25)33)13(2)28(12)16-4-6-17(7-5-16)32-19-8-3-15(21(22,23)24)10-18(19)29(30)31/h3-11H,1-2H3,(H3,25,27,33)/b26-11-. The van der Waals surface area contributed by atoms with Crippen molar-refractivity contribution in [1.82, 2.24) is 9.99 Å². The van der Waals surface area contributed by atoms with Gasteiger partial charge in [-0.3, -0.25) is 15.5 Å². The summed E-state index contributed by atoms with van der Waals surface area (Å²) in [6.07, 6.45) is -3.12.